The van der Waals surface area contributed by atoms with E-state index in [0.717, 1.165) is 12.7 Å². The maximum absolute atomic E-state index is 11.2. The highest BCUT2D eigenvalue weighted by Crippen LogP contribution is 2.41. The minimum absolute atomic E-state index is 0.244. The molecular weight excluding hydrogens is 180 g/mol. The van der Waals surface area contributed by atoms with Gasteiger partial charge in [-0.1, -0.05) is 6.42 Å². The van der Waals surface area contributed by atoms with Crippen LogP contribution in [0.1, 0.15) is 25.7 Å². The molecule has 0 atom stereocenters. The number of aliphatic carboxylic acids is 1. The van der Waals surface area contributed by atoms with E-state index < -0.39 is 20.6 Å². The SMILES string of the molecule is CS(=O)(=O)C1(CC(=O)O)CCC1. The van der Waals surface area contributed by atoms with Crippen LogP contribution in [0.3, 0.4) is 0 Å². The van der Waals surface area contributed by atoms with Crippen LogP contribution in [-0.4, -0.2) is 30.5 Å². The molecule has 5 heteroatoms. The maximum atomic E-state index is 11.2. The summed E-state index contributed by atoms with van der Waals surface area (Å²) in [6.45, 7) is 0. The number of rotatable bonds is 3. The third-order valence-corrected chi connectivity index (χ3v) is 4.65. The molecule has 0 unspecified atom stereocenters. The first-order valence-corrected chi connectivity index (χ1v) is 5.68. The van der Waals surface area contributed by atoms with Gasteiger partial charge in [0.1, 0.15) is 0 Å². The van der Waals surface area contributed by atoms with Crippen LogP contribution in [0.5, 0.6) is 0 Å². The lowest BCUT2D eigenvalue weighted by molar-refractivity contribution is -0.138. The van der Waals surface area contributed by atoms with E-state index in [2.05, 4.69) is 0 Å². The second-order valence-corrected chi connectivity index (χ2v) is 5.79. The second kappa shape index (κ2) is 2.73. The Morgan fingerprint density at radius 1 is 1.50 bits per heavy atom. The highest BCUT2D eigenvalue weighted by molar-refractivity contribution is 7.92. The number of carboxylic acid groups (broad SMARTS) is 1. The van der Waals surface area contributed by atoms with E-state index in [1.165, 1.54) is 0 Å². The molecule has 0 bridgehead atoms. The minimum Gasteiger partial charge on any atom is -0.481 e. The van der Waals surface area contributed by atoms with Crippen LogP contribution in [0.4, 0.5) is 0 Å². The summed E-state index contributed by atoms with van der Waals surface area (Å²) in [6, 6.07) is 0. The zero-order chi connectivity index (χ0) is 9.41. The largest absolute Gasteiger partial charge is 0.481 e. The highest BCUT2D eigenvalue weighted by Gasteiger charge is 2.47. The molecule has 0 aromatic rings. The Labute approximate surface area is 71.5 Å². The zero-order valence-corrected chi connectivity index (χ0v) is 7.73. The van der Waals surface area contributed by atoms with E-state index >= 15 is 0 Å². The fourth-order valence-electron chi connectivity index (χ4n) is 1.53. The smallest absolute Gasteiger partial charge is 0.304 e. The fourth-order valence-corrected chi connectivity index (χ4v) is 2.94. The van der Waals surface area contributed by atoms with Crippen molar-refractivity contribution < 1.29 is 18.3 Å². The van der Waals surface area contributed by atoms with Gasteiger partial charge in [-0.3, -0.25) is 4.79 Å². The molecule has 4 nitrogen and oxygen atoms in total. The Bertz CT molecular complexity index is 287. The van der Waals surface area contributed by atoms with Gasteiger partial charge in [0.05, 0.1) is 11.2 Å². The molecule has 1 aliphatic carbocycles. The van der Waals surface area contributed by atoms with Crippen LogP contribution in [0.25, 0.3) is 0 Å². The van der Waals surface area contributed by atoms with Gasteiger partial charge in [0, 0.05) is 6.26 Å². The number of sulfone groups is 1. The third kappa shape index (κ3) is 1.46. The topological polar surface area (TPSA) is 71.4 Å². The molecule has 1 aliphatic rings. The second-order valence-electron chi connectivity index (χ2n) is 3.38. The number of hydrogen-bond acceptors (Lipinski definition) is 3. The summed E-state index contributed by atoms with van der Waals surface area (Å²) in [7, 11) is -3.20. The predicted molar refractivity (Wildman–Crippen MR) is 43.7 cm³/mol. The van der Waals surface area contributed by atoms with Gasteiger partial charge in [-0.25, -0.2) is 8.42 Å². The minimum atomic E-state index is -3.20. The van der Waals surface area contributed by atoms with E-state index in [0.29, 0.717) is 12.8 Å². The van der Waals surface area contributed by atoms with Crippen molar-refractivity contribution >= 4 is 15.8 Å². The van der Waals surface area contributed by atoms with Crippen molar-refractivity contribution in [3.8, 4) is 0 Å². The maximum Gasteiger partial charge on any atom is 0.304 e. The summed E-state index contributed by atoms with van der Waals surface area (Å²) < 4.78 is 21.5. The molecule has 0 spiro atoms. The van der Waals surface area contributed by atoms with Crippen molar-refractivity contribution in [2.24, 2.45) is 0 Å². The van der Waals surface area contributed by atoms with Gasteiger partial charge < -0.3 is 5.11 Å². The van der Waals surface area contributed by atoms with Gasteiger partial charge >= 0.3 is 5.97 Å². The fraction of sp³-hybridized carbons (Fsp3) is 0.857. The molecule has 1 fully saturated rings. The van der Waals surface area contributed by atoms with E-state index in [4.69, 9.17) is 5.11 Å². The summed E-state index contributed by atoms with van der Waals surface area (Å²) in [5, 5.41) is 8.51. The Kier molecular flexibility index (Phi) is 2.16. The van der Waals surface area contributed by atoms with Crippen LogP contribution in [0.15, 0.2) is 0 Å². The first-order chi connectivity index (χ1) is 5.37. The summed E-state index contributed by atoms with van der Waals surface area (Å²) in [5.41, 5.74) is 0. The van der Waals surface area contributed by atoms with Crippen molar-refractivity contribution in [3.63, 3.8) is 0 Å². The molecule has 0 radical (unpaired) electrons. The summed E-state index contributed by atoms with van der Waals surface area (Å²) in [6.07, 6.45) is 2.69. The summed E-state index contributed by atoms with van der Waals surface area (Å²) >= 11 is 0. The van der Waals surface area contributed by atoms with Crippen LogP contribution >= 0.6 is 0 Å². The molecule has 1 saturated carbocycles. The molecule has 0 aromatic carbocycles. The number of hydrogen-bond donors (Lipinski definition) is 1. The average Bonchev–Trinajstić information content (AvgIpc) is 1.74. The van der Waals surface area contributed by atoms with E-state index in [1.54, 1.807) is 0 Å². The molecule has 0 heterocycles. The lowest BCUT2D eigenvalue weighted by Gasteiger charge is -2.38. The molecular formula is C7H12O4S. The zero-order valence-electron chi connectivity index (χ0n) is 6.91. The van der Waals surface area contributed by atoms with Gasteiger partial charge in [-0.05, 0) is 12.8 Å². The van der Waals surface area contributed by atoms with Gasteiger partial charge in [-0.15, -0.1) is 0 Å². The lowest BCUT2D eigenvalue weighted by atomic mass is 9.82. The first kappa shape index (κ1) is 9.51. The van der Waals surface area contributed by atoms with E-state index in [1.807, 2.05) is 0 Å². The highest BCUT2D eigenvalue weighted by atomic mass is 32.2. The Morgan fingerprint density at radius 2 is 2.00 bits per heavy atom. The number of carbonyl (C=O) groups is 1. The third-order valence-electron chi connectivity index (χ3n) is 2.52. The predicted octanol–water partition coefficient (Wildman–Crippen LogP) is 0.428. The summed E-state index contributed by atoms with van der Waals surface area (Å²) in [5.74, 6) is -1.03. The quantitative estimate of drug-likeness (QED) is 0.703. The first-order valence-electron chi connectivity index (χ1n) is 3.79. The van der Waals surface area contributed by atoms with Crippen LogP contribution in [0.2, 0.25) is 0 Å². The van der Waals surface area contributed by atoms with Crippen molar-refractivity contribution in [2.45, 2.75) is 30.4 Å². The molecule has 12 heavy (non-hydrogen) atoms. The van der Waals surface area contributed by atoms with Crippen LogP contribution in [0, 0.1) is 0 Å². The molecule has 0 aliphatic heterocycles. The lowest BCUT2D eigenvalue weighted by Crippen LogP contribution is -2.46. The average molecular weight is 192 g/mol. The van der Waals surface area contributed by atoms with Gasteiger partial charge in [0.15, 0.2) is 9.84 Å². The molecule has 1 rings (SSSR count). The van der Waals surface area contributed by atoms with Crippen molar-refractivity contribution in [3.05, 3.63) is 0 Å². The molecule has 70 valence electrons. The van der Waals surface area contributed by atoms with Crippen LogP contribution < -0.4 is 0 Å². The molecule has 0 saturated heterocycles. The van der Waals surface area contributed by atoms with E-state index in [9.17, 15) is 13.2 Å². The standard InChI is InChI=1S/C7H12O4S/c1-12(10,11)7(3-2-4-7)5-6(8)9/h2-5H2,1H3,(H,8,9). The van der Waals surface area contributed by atoms with Gasteiger partial charge in [0.2, 0.25) is 0 Å². The van der Waals surface area contributed by atoms with Crippen LogP contribution in [-0.2, 0) is 14.6 Å². The number of carboxylic acids is 1. The van der Waals surface area contributed by atoms with Crippen molar-refractivity contribution in [2.75, 3.05) is 6.26 Å². The molecule has 0 aromatic heterocycles. The molecule has 1 N–H and O–H groups in total. The molecule has 0 amide bonds. The Morgan fingerprint density at radius 3 is 2.08 bits per heavy atom. The van der Waals surface area contributed by atoms with Gasteiger partial charge in [0.25, 0.3) is 0 Å². The monoisotopic (exact) mass is 192 g/mol. The Hall–Kier alpha value is -0.580. The van der Waals surface area contributed by atoms with Gasteiger partial charge in [-0.2, -0.15) is 0 Å². The van der Waals surface area contributed by atoms with Crippen molar-refractivity contribution in [1.82, 2.24) is 0 Å². The van der Waals surface area contributed by atoms with Crippen molar-refractivity contribution in [1.29, 1.82) is 0 Å². The summed E-state index contributed by atoms with van der Waals surface area (Å²) in [4.78, 5) is 10.4. The Balaban J connectivity index is 2.84. The van der Waals surface area contributed by atoms with E-state index in [-0.39, 0.29) is 6.42 Å². The normalized spacial score (nSPS) is 21.4.